The minimum Gasteiger partial charge on any atom is -0.380 e. The van der Waals surface area contributed by atoms with Crippen LogP contribution >= 0.6 is 0 Å². The standard InChI is InChI=1S/C13H19F2NO/c1-17-9-12-7-10(3-2-4-13(14)15)5-6-11(12)8-16/h5-7,13H,2-4,8-9,16H2,1H3. The molecule has 0 spiro atoms. The number of rotatable bonds is 7. The van der Waals surface area contributed by atoms with Crippen LogP contribution in [-0.2, 0) is 24.3 Å². The molecule has 0 amide bonds. The molecule has 0 aliphatic carbocycles. The topological polar surface area (TPSA) is 35.2 Å². The highest BCUT2D eigenvalue weighted by Crippen LogP contribution is 2.16. The third-order valence-electron chi connectivity index (χ3n) is 2.68. The van der Waals surface area contributed by atoms with Crippen molar-refractivity contribution in [3.05, 3.63) is 34.9 Å². The van der Waals surface area contributed by atoms with E-state index in [4.69, 9.17) is 10.5 Å². The Morgan fingerprint density at radius 2 is 2.06 bits per heavy atom. The zero-order valence-corrected chi connectivity index (χ0v) is 10.1. The van der Waals surface area contributed by atoms with Gasteiger partial charge in [-0.05, 0) is 29.5 Å². The van der Waals surface area contributed by atoms with E-state index in [2.05, 4.69) is 0 Å². The van der Waals surface area contributed by atoms with Crippen molar-refractivity contribution in [2.75, 3.05) is 7.11 Å². The normalized spacial score (nSPS) is 11.1. The summed E-state index contributed by atoms with van der Waals surface area (Å²) in [6, 6.07) is 5.90. The highest BCUT2D eigenvalue weighted by atomic mass is 19.3. The minimum atomic E-state index is -2.21. The van der Waals surface area contributed by atoms with Crippen molar-refractivity contribution in [1.29, 1.82) is 0 Å². The van der Waals surface area contributed by atoms with Gasteiger partial charge >= 0.3 is 0 Å². The van der Waals surface area contributed by atoms with E-state index in [1.165, 1.54) is 0 Å². The van der Waals surface area contributed by atoms with Gasteiger partial charge < -0.3 is 10.5 Å². The fraction of sp³-hybridized carbons (Fsp3) is 0.538. The van der Waals surface area contributed by atoms with Crippen molar-refractivity contribution >= 4 is 0 Å². The molecule has 0 fully saturated rings. The highest BCUT2D eigenvalue weighted by molar-refractivity contribution is 5.31. The highest BCUT2D eigenvalue weighted by Gasteiger charge is 2.05. The average Bonchev–Trinajstić information content (AvgIpc) is 2.29. The monoisotopic (exact) mass is 243 g/mol. The van der Waals surface area contributed by atoms with E-state index in [0.29, 0.717) is 26.0 Å². The summed E-state index contributed by atoms with van der Waals surface area (Å²) >= 11 is 0. The molecule has 1 rings (SSSR count). The molecule has 0 saturated carbocycles. The molecule has 2 N–H and O–H groups in total. The van der Waals surface area contributed by atoms with Crippen molar-refractivity contribution < 1.29 is 13.5 Å². The van der Waals surface area contributed by atoms with Crippen LogP contribution in [0.5, 0.6) is 0 Å². The van der Waals surface area contributed by atoms with Crippen molar-refractivity contribution in [3.63, 3.8) is 0 Å². The smallest absolute Gasteiger partial charge is 0.238 e. The van der Waals surface area contributed by atoms with Crippen LogP contribution in [0.25, 0.3) is 0 Å². The Hall–Kier alpha value is -1.00. The van der Waals surface area contributed by atoms with Gasteiger partial charge in [-0.15, -0.1) is 0 Å². The summed E-state index contributed by atoms with van der Waals surface area (Å²) in [6.07, 6.45) is -1.08. The molecule has 0 heterocycles. The van der Waals surface area contributed by atoms with Crippen molar-refractivity contribution in [2.45, 2.75) is 38.8 Å². The molecule has 96 valence electrons. The second-order valence-corrected chi connectivity index (χ2v) is 4.02. The average molecular weight is 243 g/mol. The van der Waals surface area contributed by atoms with Gasteiger partial charge in [0, 0.05) is 20.1 Å². The molecule has 0 atom stereocenters. The summed E-state index contributed by atoms with van der Waals surface area (Å²) in [6.45, 7) is 0.977. The Labute approximate surface area is 101 Å². The summed E-state index contributed by atoms with van der Waals surface area (Å²) in [5, 5.41) is 0. The van der Waals surface area contributed by atoms with Gasteiger partial charge in [0.15, 0.2) is 0 Å². The van der Waals surface area contributed by atoms with Crippen LogP contribution in [0.1, 0.15) is 29.5 Å². The molecule has 0 aliphatic heterocycles. The summed E-state index contributed by atoms with van der Waals surface area (Å²) in [5.74, 6) is 0. The van der Waals surface area contributed by atoms with Gasteiger partial charge in [-0.1, -0.05) is 18.2 Å². The number of methoxy groups -OCH3 is 1. The number of alkyl halides is 2. The zero-order valence-electron chi connectivity index (χ0n) is 10.1. The third kappa shape index (κ3) is 4.79. The molecule has 4 heteroatoms. The van der Waals surface area contributed by atoms with Gasteiger partial charge in [0.1, 0.15) is 0 Å². The first-order valence-corrected chi connectivity index (χ1v) is 5.75. The Morgan fingerprint density at radius 3 is 2.65 bits per heavy atom. The largest absolute Gasteiger partial charge is 0.380 e. The van der Waals surface area contributed by atoms with E-state index in [9.17, 15) is 8.78 Å². The second kappa shape index (κ2) is 7.35. The van der Waals surface area contributed by atoms with Gasteiger partial charge in [0.05, 0.1) is 6.61 Å². The lowest BCUT2D eigenvalue weighted by molar-refractivity contribution is 0.135. The Balaban J connectivity index is 2.64. The Morgan fingerprint density at radius 1 is 1.29 bits per heavy atom. The fourth-order valence-corrected chi connectivity index (χ4v) is 1.78. The maximum atomic E-state index is 12.0. The summed E-state index contributed by atoms with van der Waals surface area (Å²) in [5.41, 5.74) is 8.77. The minimum absolute atomic E-state index is 0.0434. The SMILES string of the molecule is COCc1cc(CCCC(F)F)ccc1CN. The molecule has 0 bridgehead atoms. The van der Waals surface area contributed by atoms with E-state index in [1.54, 1.807) is 7.11 Å². The lowest BCUT2D eigenvalue weighted by Gasteiger charge is -2.10. The maximum absolute atomic E-state index is 12.0. The first-order valence-electron chi connectivity index (χ1n) is 5.75. The van der Waals surface area contributed by atoms with Crippen molar-refractivity contribution in [1.82, 2.24) is 0 Å². The number of hydrogen-bond donors (Lipinski definition) is 1. The molecule has 0 unspecified atom stereocenters. The molecule has 2 nitrogen and oxygen atoms in total. The summed E-state index contributed by atoms with van der Waals surface area (Å²) in [4.78, 5) is 0. The predicted molar refractivity (Wildman–Crippen MR) is 64.0 cm³/mol. The van der Waals surface area contributed by atoms with E-state index < -0.39 is 6.43 Å². The van der Waals surface area contributed by atoms with Gasteiger partial charge in [-0.2, -0.15) is 0 Å². The second-order valence-electron chi connectivity index (χ2n) is 4.02. The summed E-state index contributed by atoms with van der Waals surface area (Å²) in [7, 11) is 1.63. The number of halogens is 2. The van der Waals surface area contributed by atoms with Gasteiger partial charge in [0.2, 0.25) is 6.43 Å². The van der Waals surface area contributed by atoms with Gasteiger partial charge in [-0.25, -0.2) is 8.78 Å². The molecule has 0 saturated heterocycles. The van der Waals surface area contributed by atoms with E-state index in [1.807, 2.05) is 18.2 Å². The zero-order chi connectivity index (χ0) is 12.7. The van der Waals surface area contributed by atoms with Crippen molar-refractivity contribution in [2.24, 2.45) is 5.73 Å². The van der Waals surface area contributed by atoms with Crippen LogP contribution in [0.2, 0.25) is 0 Å². The lowest BCUT2D eigenvalue weighted by Crippen LogP contribution is -2.03. The third-order valence-corrected chi connectivity index (χ3v) is 2.68. The van der Waals surface area contributed by atoms with Gasteiger partial charge in [-0.3, -0.25) is 0 Å². The molecule has 1 aromatic carbocycles. The van der Waals surface area contributed by atoms with Crippen LogP contribution in [0.4, 0.5) is 8.78 Å². The number of nitrogens with two attached hydrogens (primary N) is 1. The van der Waals surface area contributed by atoms with Gasteiger partial charge in [0.25, 0.3) is 0 Å². The summed E-state index contributed by atoms with van der Waals surface area (Å²) < 4.78 is 29.1. The number of hydrogen-bond acceptors (Lipinski definition) is 2. The van der Waals surface area contributed by atoms with E-state index in [-0.39, 0.29) is 6.42 Å². The van der Waals surface area contributed by atoms with Crippen LogP contribution in [0.3, 0.4) is 0 Å². The Kier molecular flexibility index (Phi) is 6.08. The van der Waals surface area contributed by atoms with Crippen molar-refractivity contribution in [3.8, 4) is 0 Å². The molecule has 0 aliphatic rings. The van der Waals surface area contributed by atoms with Crippen LogP contribution in [0.15, 0.2) is 18.2 Å². The lowest BCUT2D eigenvalue weighted by atomic mass is 10.0. The predicted octanol–water partition coefficient (Wildman–Crippen LogP) is 2.88. The number of ether oxygens (including phenoxy) is 1. The van der Waals surface area contributed by atoms with Crippen LogP contribution in [0, 0.1) is 0 Å². The van der Waals surface area contributed by atoms with E-state index in [0.717, 1.165) is 16.7 Å². The number of aryl methyl sites for hydroxylation is 1. The fourth-order valence-electron chi connectivity index (χ4n) is 1.78. The molecule has 1 aromatic rings. The first-order chi connectivity index (χ1) is 8.17. The first kappa shape index (κ1) is 14.1. The Bertz CT molecular complexity index is 342. The molecule has 0 aromatic heterocycles. The molecular formula is C13H19F2NO. The van der Waals surface area contributed by atoms with Crippen LogP contribution in [-0.4, -0.2) is 13.5 Å². The number of benzene rings is 1. The maximum Gasteiger partial charge on any atom is 0.238 e. The molecule has 0 radical (unpaired) electrons. The molecular weight excluding hydrogens is 224 g/mol. The van der Waals surface area contributed by atoms with E-state index >= 15 is 0 Å². The van der Waals surface area contributed by atoms with Crippen LogP contribution < -0.4 is 5.73 Å². The molecule has 17 heavy (non-hydrogen) atoms. The quantitative estimate of drug-likeness (QED) is 0.799.